The van der Waals surface area contributed by atoms with Gasteiger partial charge in [0.05, 0.1) is 5.69 Å². The molecule has 1 N–H and O–H groups in total. The molecule has 1 saturated heterocycles. The second-order valence-corrected chi connectivity index (χ2v) is 6.10. The molecule has 1 aliphatic rings. The minimum Gasteiger partial charge on any atom is -0.364 e. The first-order valence-corrected chi connectivity index (χ1v) is 6.33. The highest BCUT2D eigenvalue weighted by atomic mass is 16.5. The summed E-state index contributed by atoms with van der Waals surface area (Å²) in [6.45, 7) is 12.1. The normalized spacial score (nSPS) is 27.3. The van der Waals surface area contributed by atoms with Crippen molar-refractivity contribution >= 4 is 0 Å². The van der Waals surface area contributed by atoms with E-state index in [1.807, 2.05) is 6.07 Å². The van der Waals surface area contributed by atoms with Crippen LogP contribution in [0.15, 0.2) is 16.9 Å². The smallest absolute Gasteiger partial charge is 0.124 e. The summed E-state index contributed by atoms with van der Waals surface area (Å²) in [4.78, 5) is 2.48. The molecule has 1 aromatic heterocycles. The average molecular weight is 237 g/mol. The topological polar surface area (TPSA) is 41.3 Å². The highest BCUT2D eigenvalue weighted by Gasteiger charge is 2.32. The Bertz CT molecular complexity index is 342. The summed E-state index contributed by atoms with van der Waals surface area (Å²) < 4.78 is 4.89. The highest BCUT2D eigenvalue weighted by Crippen LogP contribution is 2.24. The van der Waals surface area contributed by atoms with Crippen LogP contribution in [0.25, 0.3) is 0 Å². The number of piperazine rings is 1. The van der Waals surface area contributed by atoms with E-state index in [2.05, 4.69) is 43.1 Å². The maximum atomic E-state index is 4.89. The van der Waals surface area contributed by atoms with E-state index < -0.39 is 0 Å². The van der Waals surface area contributed by atoms with Crippen LogP contribution in [0.1, 0.15) is 33.4 Å². The zero-order valence-corrected chi connectivity index (χ0v) is 11.2. The zero-order valence-electron chi connectivity index (χ0n) is 11.2. The lowest BCUT2D eigenvalue weighted by molar-refractivity contribution is 0.0858. The van der Waals surface area contributed by atoms with Gasteiger partial charge in [-0.2, -0.15) is 0 Å². The molecule has 0 amide bonds. The first kappa shape index (κ1) is 12.6. The Hall–Kier alpha value is -0.870. The number of hydrogen-bond donors (Lipinski definition) is 1. The Balaban J connectivity index is 2.00. The van der Waals surface area contributed by atoms with Crippen molar-refractivity contribution in [2.24, 2.45) is 5.41 Å². The van der Waals surface area contributed by atoms with Gasteiger partial charge in [0, 0.05) is 37.8 Å². The second-order valence-electron chi connectivity index (χ2n) is 6.10. The molecular formula is C13H23N3O. The number of rotatable bonds is 2. The SMILES string of the molecule is CC1CNC(C(C)(C)C)CN1Cc1ccon1. The molecule has 1 aliphatic heterocycles. The van der Waals surface area contributed by atoms with Gasteiger partial charge < -0.3 is 9.84 Å². The molecule has 2 unspecified atom stereocenters. The van der Waals surface area contributed by atoms with Crippen molar-refractivity contribution in [1.29, 1.82) is 0 Å². The summed E-state index contributed by atoms with van der Waals surface area (Å²) in [5.41, 5.74) is 1.31. The van der Waals surface area contributed by atoms with Crippen molar-refractivity contribution in [1.82, 2.24) is 15.4 Å². The van der Waals surface area contributed by atoms with Gasteiger partial charge in [0.1, 0.15) is 6.26 Å². The molecule has 0 aromatic carbocycles. The van der Waals surface area contributed by atoms with E-state index in [0.29, 0.717) is 17.5 Å². The van der Waals surface area contributed by atoms with Crippen LogP contribution in [-0.2, 0) is 6.54 Å². The minimum atomic E-state index is 0.294. The van der Waals surface area contributed by atoms with Gasteiger partial charge >= 0.3 is 0 Å². The van der Waals surface area contributed by atoms with Crippen LogP contribution in [0.4, 0.5) is 0 Å². The van der Waals surface area contributed by atoms with Gasteiger partial charge in [-0.3, -0.25) is 4.90 Å². The van der Waals surface area contributed by atoms with E-state index in [-0.39, 0.29) is 0 Å². The minimum absolute atomic E-state index is 0.294. The van der Waals surface area contributed by atoms with Gasteiger partial charge in [-0.05, 0) is 12.3 Å². The van der Waals surface area contributed by atoms with Crippen LogP contribution in [0.2, 0.25) is 0 Å². The van der Waals surface area contributed by atoms with Crippen molar-refractivity contribution < 1.29 is 4.52 Å². The zero-order chi connectivity index (χ0) is 12.5. The lowest BCUT2D eigenvalue weighted by Crippen LogP contribution is -2.59. The van der Waals surface area contributed by atoms with Crippen LogP contribution in [-0.4, -0.2) is 35.2 Å². The maximum absolute atomic E-state index is 4.89. The molecule has 1 aromatic rings. The Labute approximate surface area is 103 Å². The summed E-state index contributed by atoms with van der Waals surface area (Å²) in [6, 6.07) is 3.02. The molecule has 2 atom stereocenters. The number of nitrogens with one attached hydrogen (secondary N) is 1. The fourth-order valence-electron chi connectivity index (χ4n) is 2.25. The third-order valence-corrected chi connectivity index (χ3v) is 3.60. The van der Waals surface area contributed by atoms with E-state index in [9.17, 15) is 0 Å². The highest BCUT2D eigenvalue weighted by molar-refractivity contribution is 4.98. The molecule has 96 valence electrons. The van der Waals surface area contributed by atoms with Crippen LogP contribution >= 0.6 is 0 Å². The predicted molar refractivity (Wildman–Crippen MR) is 67.6 cm³/mol. The van der Waals surface area contributed by atoms with E-state index in [0.717, 1.165) is 25.3 Å². The molecule has 2 heterocycles. The Morgan fingerprint density at radius 3 is 2.88 bits per heavy atom. The van der Waals surface area contributed by atoms with Gasteiger partial charge in [0.2, 0.25) is 0 Å². The number of nitrogens with zero attached hydrogens (tertiary/aromatic N) is 2. The monoisotopic (exact) mass is 237 g/mol. The molecule has 1 fully saturated rings. The fraction of sp³-hybridized carbons (Fsp3) is 0.769. The van der Waals surface area contributed by atoms with Crippen LogP contribution in [0.3, 0.4) is 0 Å². The molecule has 17 heavy (non-hydrogen) atoms. The van der Waals surface area contributed by atoms with Gasteiger partial charge in [-0.25, -0.2) is 0 Å². The van der Waals surface area contributed by atoms with E-state index in [4.69, 9.17) is 4.52 Å². The summed E-state index contributed by atoms with van der Waals surface area (Å²) in [5, 5.41) is 7.63. The van der Waals surface area contributed by atoms with Crippen molar-refractivity contribution in [3.8, 4) is 0 Å². The van der Waals surface area contributed by atoms with Crippen LogP contribution in [0.5, 0.6) is 0 Å². The van der Waals surface area contributed by atoms with Gasteiger partial charge in [0.15, 0.2) is 0 Å². The fourth-order valence-corrected chi connectivity index (χ4v) is 2.25. The summed E-state index contributed by atoms with van der Waals surface area (Å²) in [7, 11) is 0. The summed E-state index contributed by atoms with van der Waals surface area (Å²) in [6.07, 6.45) is 1.64. The van der Waals surface area contributed by atoms with Crippen molar-refractivity contribution in [2.75, 3.05) is 13.1 Å². The largest absolute Gasteiger partial charge is 0.364 e. The first-order chi connectivity index (χ1) is 7.97. The third-order valence-electron chi connectivity index (χ3n) is 3.60. The van der Waals surface area contributed by atoms with Crippen molar-refractivity contribution in [3.05, 3.63) is 18.0 Å². The molecular weight excluding hydrogens is 214 g/mol. The van der Waals surface area contributed by atoms with Gasteiger partial charge in [-0.15, -0.1) is 0 Å². The van der Waals surface area contributed by atoms with Crippen LogP contribution < -0.4 is 5.32 Å². The summed E-state index contributed by atoms with van der Waals surface area (Å²) >= 11 is 0. The Morgan fingerprint density at radius 2 is 2.29 bits per heavy atom. The van der Waals surface area contributed by atoms with Gasteiger partial charge in [-0.1, -0.05) is 25.9 Å². The van der Waals surface area contributed by atoms with E-state index in [1.165, 1.54) is 0 Å². The molecule has 0 spiro atoms. The first-order valence-electron chi connectivity index (χ1n) is 6.33. The quantitative estimate of drug-likeness (QED) is 0.852. The maximum Gasteiger partial charge on any atom is 0.124 e. The van der Waals surface area contributed by atoms with Crippen molar-refractivity contribution in [2.45, 2.75) is 46.3 Å². The van der Waals surface area contributed by atoms with Crippen LogP contribution in [0, 0.1) is 5.41 Å². The van der Waals surface area contributed by atoms with Crippen molar-refractivity contribution in [3.63, 3.8) is 0 Å². The molecule has 0 aliphatic carbocycles. The molecule has 2 rings (SSSR count). The van der Waals surface area contributed by atoms with E-state index in [1.54, 1.807) is 6.26 Å². The lowest BCUT2D eigenvalue weighted by Gasteiger charge is -2.43. The Morgan fingerprint density at radius 1 is 1.53 bits per heavy atom. The third kappa shape index (κ3) is 3.07. The predicted octanol–water partition coefficient (Wildman–Crippen LogP) is 1.88. The molecule has 0 radical (unpaired) electrons. The Kier molecular flexibility index (Phi) is 3.54. The van der Waals surface area contributed by atoms with Gasteiger partial charge in [0.25, 0.3) is 0 Å². The molecule has 4 nitrogen and oxygen atoms in total. The molecule has 0 bridgehead atoms. The van der Waals surface area contributed by atoms with E-state index >= 15 is 0 Å². The standard InChI is InChI=1S/C13H23N3O/c1-10-7-14-12(13(2,3)4)9-16(10)8-11-5-6-17-15-11/h5-6,10,12,14H,7-9H2,1-4H3. The molecule has 0 saturated carbocycles. The summed E-state index contributed by atoms with van der Waals surface area (Å²) in [5.74, 6) is 0. The lowest BCUT2D eigenvalue weighted by atomic mass is 9.85. The number of aromatic nitrogens is 1. The molecule has 4 heteroatoms. The average Bonchev–Trinajstić information content (AvgIpc) is 2.72. The number of hydrogen-bond acceptors (Lipinski definition) is 4. The second kappa shape index (κ2) is 4.78.